The third kappa shape index (κ3) is 5.69. The Hall–Kier alpha value is -2.93. The summed E-state index contributed by atoms with van der Waals surface area (Å²) in [5, 5.41) is 21.7. The maximum atomic E-state index is 12.7. The first-order valence-corrected chi connectivity index (χ1v) is 15.1. The quantitative estimate of drug-likeness (QED) is 0.303. The molecule has 0 spiro atoms. The predicted octanol–water partition coefficient (Wildman–Crippen LogP) is 5.93. The van der Waals surface area contributed by atoms with E-state index in [0.717, 1.165) is 84.0 Å². The van der Waals surface area contributed by atoms with Crippen molar-refractivity contribution in [2.24, 2.45) is 17.8 Å². The number of nitrogens with zero attached hydrogens (tertiary/aromatic N) is 3. The molecule has 3 aromatic rings. The zero-order valence-corrected chi connectivity index (χ0v) is 23.7. The van der Waals surface area contributed by atoms with Gasteiger partial charge < -0.3 is 15.7 Å². The zero-order valence-electron chi connectivity index (χ0n) is 23.7. The number of aryl methyl sites for hydroxylation is 1. The van der Waals surface area contributed by atoms with Crippen LogP contribution in [0.15, 0.2) is 30.5 Å². The Bertz CT molecular complexity index is 1340. The van der Waals surface area contributed by atoms with Crippen LogP contribution in [0.1, 0.15) is 93.3 Å². The molecule has 6 rings (SSSR count). The zero-order chi connectivity index (χ0) is 27.1. The van der Waals surface area contributed by atoms with Gasteiger partial charge in [0.25, 0.3) is 5.91 Å². The topological polar surface area (TPSA) is 91.5 Å². The molecule has 0 radical (unpaired) electrons. The van der Waals surface area contributed by atoms with Gasteiger partial charge in [0, 0.05) is 35.5 Å². The van der Waals surface area contributed by atoms with Crippen LogP contribution in [0, 0.1) is 24.7 Å². The number of carbonyl (C=O) groups is 1. The second-order valence-corrected chi connectivity index (χ2v) is 12.8. The van der Waals surface area contributed by atoms with Crippen molar-refractivity contribution in [1.29, 1.82) is 0 Å². The fraction of sp³-hybridized carbons (Fsp3) is 0.594. The number of hydrogen-bond donors (Lipinski definition) is 3. The summed E-state index contributed by atoms with van der Waals surface area (Å²) in [5.41, 5.74) is 5.14. The molecule has 0 aliphatic heterocycles. The van der Waals surface area contributed by atoms with Crippen LogP contribution in [-0.4, -0.2) is 43.8 Å². The molecule has 0 bridgehead atoms. The van der Waals surface area contributed by atoms with Crippen molar-refractivity contribution < 1.29 is 9.90 Å². The van der Waals surface area contributed by atoms with E-state index in [1.165, 1.54) is 32.1 Å². The monoisotopic (exact) mass is 529 g/mol. The largest absolute Gasteiger partial charge is 0.390 e. The van der Waals surface area contributed by atoms with Gasteiger partial charge in [-0.1, -0.05) is 51.2 Å². The molecule has 7 heteroatoms. The lowest BCUT2D eigenvalue weighted by atomic mass is 9.72. The SMILES string of the molecule is CCC(Cc1cc(NCC2CC(C)(O)C2)n2ncc(-c3ccc(C(=O)NC4CC4)c(C)c3)c2n1)C1CCCC1. The number of aromatic nitrogens is 3. The van der Waals surface area contributed by atoms with E-state index in [0.29, 0.717) is 17.9 Å². The van der Waals surface area contributed by atoms with Crippen LogP contribution in [0.4, 0.5) is 5.82 Å². The molecule has 1 unspecified atom stereocenters. The summed E-state index contributed by atoms with van der Waals surface area (Å²) in [5.74, 6) is 2.88. The first kappa shape index (κ1) is 26.3. The van der Waals surface area contributed by atoms with Crippen molar-refractivity contribution in [2.75, 3.05) is 11.9 Å². The van der Waals surface area contributed by atoms with Gasteiger partial charge in [0.1, 0.15) is 5.82 Å². The second-order valence-electron chi connectivity index (χ2n) is 12.8. The van der Waals surface area contributed by atoms with Crippen LogP contribution in [-0.2, 0) is 6.42 Å². The Morgan fingerprint density at radius 3 is 2.62 bits per heavy atom. The number of anilines is 1. The van der Waals surface area contributed by atoms with Crippen molar-refractivity contribution in [3.05, 3.63) is 47.3 Å². The molecule has 7 nitrogen and oxygen atoms in total. The maximum absolute atomic E-state index is 12.7. The first-order chi connectivity index (χ1) is 18.8. The molecule has 2 aromatic heterocycles. The summed E-state index contributed by atoms with van der Waals surface area (Å²) in [6, 6.07) is 8.58. The molecule has 1 amide bonds. The number of aliphatic hydroxyl groups is 1. The summed E-state index contributed by atoms with van der Waals surface area (Å²) in [6.07, 6.45) is 13.2. The third-order valence-corrected chi connectivity index (χ3v) is 9.31. The normalized spacial score (nSPS) is 24.1. The van der Waals surface area contributed by atoms with Gasteiger partial charge in [0.05, 0.1) is 11.8 Å². The van der Waals surface area contributed by atoms with Crippen LogP contribution in [0.25, 0.3) is 16.8 Å². The molecule has 3 N–H and O–H groups in total. The van der Waals surface area contributed by atoms with E-state index >= 15 is 0 Å². The Balaban J connectivity index is 1.31. The number of amides is 1. The summed E-state index contributed by atoms with van der Waals surface area (Å²) in [6.45, 7) is 7.05. The van der Waals surface area contributed by atoms with Crippen molar-refractivity contribution in [1.82, 2.24) is 19.9 Å². The van der Waals surface area contributed by atoms with Crippen LogP contribution in [0.3, 0.4) is 0 Å². The van der Waals surface area contributed by atoms with E-state index < -0.39 is 5.60 Å². The third-order valence-electron chi connectivity index (χ3n) is 9.31. The molecule has 3 fully saturated rings. The summed E-state index contributed by atoms with van der Waals surface area (Å²) >= 11 is 0. The molecule has 3 saturated carbocycles. The van der Waals surface area contributed by atoms with E-state index in [9.17, 15) is 9.90 Å². The van der Waals surface area contributed by atoms with Crippen LogP contribution in [0.2, 0.25) is 0 Å². The highest BCUT2D eigenvalue weighted by molar-refractivity contribution is 5.97. The maximum Gasteiger partial charge on any atom is 0.251 e. The van der Waals surface area contributed by atoms with Crippen LogP contribution >= 0.6 is 0 Å². The molecule has 208 valence electrons. The van der Waals surface area contributed by atoms with Gasteiger partial charge in [-0.25, -0.2) is 4.98 Å². The lowest BCUT2D eigenvalue weighted by Crippen LogP contribution is -2.43. The Morgan fingerprint density at radius 2 is 1.95 bits per heavy atom. The average Bonchev–Trinajstić information content (AvgIpc) is 3.35. The molecule has 3 aliphatic rings. The van der Waals surface area contributed by atoms with Gasteiger partial charge in [-0.2, -0.15) is 9.61 Å². The number of fused-ring (bicyclic) bond motifs is 1. The fourth-order valence-electron chi connectivity index (χ4n) is 6.94. The summed E-state index contributed by atoms with van der Waals surface area (Å²) in [7, 11) is 0. The van der Waals surface area contributed by atoms with Gasteiger partial charge in [-0.15, -0.1) is 0 Å². The Kier molecular flexibility index (Phi) is 7.13. The van der Waals surface area contributed by atoms with Gasteiger partial charge in [-0.3, -0.25) is 4.79 Å². The van der Waals surface area contributed by atoms with Crippen LogP contribution < -0.4 is 10.6 Å². The molecule has 39 heavy (non-hydrogen) atoms. The number of nitrogens with one attached hydrogen (secondary N) is 2. The summed E-state index contributed by atoms with van der Waals surface area (Å²) < 4.78 is 1.93. The van der Waals surface area contributed by atoms with Gasteiger partial charge in [-0.05, 0) is 80.9 Å². The highest BCUT2D eigenvalue weighted by atomic mass is 16.3. The molecule has 1 aromatic carbocycles. The van der Waals surface area contributed by atoms with E-state index in [1.54, 1.807) is 0 Å². The van der Waals surface area contributed by atoms with E-state index in [-0.39, 0.29) is 5.91 Å². The number of carbonyl (C=O) groups excluding carboxylic acids is 1. The van der Waals surface area contributed by atoms with Crippen molar-refractivity contribution >= 4 is 17.4 Å². The molecular formula is C32H43N5O2. The van der Waals surface area contributed by atoms with Crippen molar-refractivity contribution in [2.45, 2.75) is 96.6 Å². The lowest BCUT2D eigenvalue weighted by molar-refractivity contribution is -0.0524. The minimum absolute atomic E-state index is 0.0146. The summed E-state index contributed by atoms with van der Waals surface area (Å²) in [4.78, 5) is 17.9. The van der Waals surface area contributed by atoms with E-state index in [4.69, 9.17) is 10.1 Å². The van der Waals surface area contributed by atoms with Gasteiger partial charge in [0.2, 0.25) is 0 Å². The molecular weight excluding hydrogens is 486 g/mol. The second kappa shape index (κ2) is 10.6. The standard InChI is InChI=1S/C32H43N5O2/c1-4-22(23-7-5-6-8-23)14-26-15-29(33-18-21-16-32(3,39)17-21)37-30(35-26)28(19-34-37)24-9-12-27(20(2)13-24)31(38)36-25-10-11-25/h9,12-13,15,19,21-23,25,33,39H,4-8,10-11,14,16-18H2,1-3H3,(H,36,38). The average molecular weight is 530 g/mol. The number of rotatable bonds is 10. The Labute approximate surface area is 231 Å². The fourth-order valence-corrected chi connectivity index (χ4v) is 6.94. The molecule has 1 atom stereocenters. The van der Waals surface area contributed by atoms with Crippen molar-refractivity contribution in [3.63, 3.8) is 0 Å². The smallest absolute Gasteiger partial charge is 0.251 e. The molecule has 0 saturated heterocycles. The predicted molar refractivity (Wildman–Crippen MR) is 155 cm³/mol. The highest BCUT2D eigenvalue weighted by Gasteiger charge is 2.38. The first-order valence-electron chi connectivity index (χ1n) is 15.1. The minimum Gasteiger partial charge on any atom is -0.390 e. The van der Waals surface area contributed by atoms with Crippen LogP contribution in [0.5, 0.6) is 0 Å². The number of benzene rings is 1. The molecule has 2 heterocycles. The van der Waals surface area contributed by atoms with Crippen molar-refractivity contribution in [3.8, 4) is 11.1 Å². The molecule has 3 aliphatic carbocycles. The van der Waals surface area contributed by atoms with Gasteiger partial charge >= 0.3 is 0 Å². The lowest BCUT2D eigenvalue weighted by Gasteiger charge is -2.41. The van der Waals surface area contributed by atoms with E-state index in [1.807, 2.05) is 36.7 Å². The Morgan fingerprint density at radius 1 is 1.18 bits per heavy atom. The minimum atomic E-state index is -0.529. The van der Waals surface area contributed by atoms with E-state index in [2.05, 4.69) is 29.7 Å². The van der Waals surface area contributed by atoms with Gasteiger partial charge in [0.15, 0.2) is 5.65 Å². The highest BCUT2D eigenvalue weighted by Crippen LogP contribution is 2.38. The number of hydrogen-bond acceptors (Lipinski definition) is 5.